The maximum absolute atomic E-state index is 11.6. The predicted octanol–water partition coefficient (Wildman–Crippen LogP) is 2.81. The van der Waals surface area contributed by atoms with Gasteiger partial charge in [0.05, 0.1) is 6.04 Å². The number of nitrogens with zero attached hydrogens (tertiary/aromatic N) is 3. The second-order valence-electron chi connectivity index (χ2n) is 4.86. The first-order chi connectivity index (χ1) is 10.1. The first-order valence-electron chi connectivity index (χ1n) is 6.66. The highest BCUT2D eigenvalue weighted by atomic mass is 79.9. The van der Waals surface area contributed by atoms with Crippen LogP contribution in [0, 0.1) is 0 Å². The van der Waals surface area contributed by atoms with Gasteiger partial charge in [-0.05, 0) is 30.7 Å². The molecule has 0 aliphatic carbocycles. The van der Waals surface area contributed by atoms with Crippen LogP contribution < -0.4 is 5.32 Å². The van der Waals surface area contributed by atoms with Gasteiger partial charge in [-0.1, -0.05) is 28.1 Å². The van der Waals surface area contributed by atoms with Crippen molar-refractivity contribution in [3.8, 4) is 0 Å². The van der Waals surface area contributed by atoms with Gasteiger partial charge in [0.25, 0.3) is 0 Å². The smallest absolute Gasteiger partial charge is 0.248 e. The van der Waals surface area contributed by atoms with E-state index in [-0.39, 0.29) is 18.2 Å². The summed E-state index contributed by atoms with van der Waals surface area (Å²) in [5.41, 5.74) is 1.16. The molecule has 108 valence electrons. The van der Waals surface area contributed by atoms with E-state index >= 15 is 0 Å². The van der Waals surface area contributed by atoms with Crippen molar-refractivity contribution in [2.24, 2.45) is 0 Å². The summed E-state index contributed by atoms with van der Waals surface area (Å²) in [6.07, 6.45) is 6.57. The van der Waals surface area contributed by atoms with Crippen LogP contribution in [0.25, 0.3) is 0 Å². The fourth-order valence-corrected chi connectivity index (χ4v) is 2.63. The molecule has 3 rings (SSSR count). The van der Waals surface area contributed by atoms with Crippen molar-refractivity contribution in [1.82, 2.24) is 20.0 Å². The van der Waals surface area contributed by atoms with E-state index in [0.717, 1.165) is 10.0 Å². The van der Waals surface area contributed by atoms with Gasteiger partial charge in [0.15, 0.2) is 0 Å². The third kappa shape index (κ3) is 2.85. The lowest BCUT2D eigenvalue weighted by Gasteiger charge is -2.38. The standard InChI is InChI=1S/C15H15BrN4O/c1-11(12-3-5-13(16)6-4-12)19-10-7-14(21)18-15(19)20-9-2-8-17-20/h2-11,15H,1H3,(H,18,21)/t11-,15?/m0/s1. The lowest BCUT2D eigenvalue weighted by molar-refractivity contribution is -0.121. The molecule has 2 heterocycles. The Labute approximate surface area is 131 Å². The topological polar surface area (TPSA) is 50.2 Å². The van der Waals surface area contributed by atoms with E-state index in [0.29, 0.717) is 0 Å². The number of carbonyl (C=O) groups is 1. The monoisotopic (exact) mass is 346 g/mol. The number of benzene rings is 1. The average Bonchev–Trinajstić information content (AvgIpc) is 3.01. The lowest BCUT2D eigenvalue weighted by Crippen LogP contribution is -2.46. The number of carbonyl (C=O) groups excluding carboxylic acids is 1. The molecule has 1 unspecified atom stereocenters. The number of hydrogen-bond donors (Lipinski definition) is 1. The summed E-state index contributed by atoms with van der Waals surface area (Å²) >= 11 is 3.44. The minimum atomic E-state index is -0.323. The van der Waals surface area contributed by atoms with Crippen LogP contribution in [0.3, 0.4) is 0 Å². The van der Waals surface area contributed by atoms with Gasteiger partial charge in [0, 0.05) is 29.1 Å². The minimum Gasteiger partial charge on any atom is -0.332 e. The van der Waals surface area contributed by atoms with Crippen molar-refractivity contribution >= 4 is 21.8 Å². The molecule has 1 amide bonds. The maximum Gasteiger partial charge on any atom is 0.248 e. The van der Waals surface area contributed by atoms with Crippen LogP contribution in [-0.2, 0) is 4.79 Å². The van der Waals surface area contributed by atoms with Crippen LogP contribution in [0.2, 0.25) is 0 Å². The van der Waals surface area contributed by atoms with Crippen molar-refractivity contribution in [2.75, 3.05) is 0 Å². The van der Waals surface area contributed by atoms with Crippen molar-refractivity contribution < 1.29 is 4.79 Å². The molecule has 6 heteroatoms. The molecule has 0 spiro atoms. The molecule has 1 aliphatic rings. The summed E-state index contributed by atoms with van der Waals surface area (Å²) in [5.74, 6) is -0.116. The number of halogens is 1. The molecule has 0 bridgehead atoms. The predicted molar refractivity (Wildman–Crippen MR) is 82.9 cm³/mol. The van der Waals surface area contributed by atoms with Crippen LogP contribution in [0.1, 0.15) is 24.8 Å². The molecule has 2 atom stereocenters. The largest absolute Gasteiger partial charge is 0.332 e. The second kappa shape index (κ2) is 5.73. The molecule has 21 heavy (non-hydrogen) atoms. The van der Waals surface area contributed by atoms with Gasteiger partial charge in [-0.25, -0.2) is 4.68 Å². The Kier molecular flexibility index (Phi) is 3.79. The third-order valence-electron chi connectivity index (χ3n) is 3.53. The van der Waals surface area contributed by atoms with Gasteiger partial charge < -0.3 is 10.2 Å². The molecule has 1 aliphatic heterocycles. The highest BCUT2D eigenvalue weighted by Crippen LogP contribution is 2.28. The van der Waals surface area contributed by atoms with E-state index in [1.54, 1.807) is 10.9 Å². The summed E-state index contributed by atoms with van der Waals surface area (Å²) in [6, 6.07) is 10.1. The first kappa shape index (κ1) is 13.9. The second-order valence-corrected chi connectivity index (χ2v) is 5.77. The minimum absolute atomic E-state index is 0.101. The van der Waals surface area contributed by atoms with Crippen molar-refractivity contribution in [3.63, 3.8) is 0 Å². The van der Waals surface area contributed by atoms with Crippen LogP contribution in [0.4, 0.5) is 0 Å². The van der Waals surface area contributed by atoms with E-state index in [1.807, 2.05) is 30.6 Å². The first-order valence-corrected chi connectivity index (χ1v) is 7.45. The van der Waals surface area contributed by atoms with E-state index in [1.165, 1.54) is 6.08 Å². The third-order valence-corrected chi connectivity index (χ3v) is 4.06. The lowest BCUT2D eigenvalue weighted by atomic mass is 10.1. The van der Waals surface area contributed by atoms with Crippen LogP contribution in [0.5, 0.6) is 0 Å². The molecule has 0 saturated carbocycles. The Morgan fingerprint density at radius 3 is 2.76 bits per heavy atom. The van der Waals surface area contributed by atoms with Crippen molar-refractivity contribution in [2.45, 2.75) is 19.3 Å². The average molecular weight is 347 g/mol. The fourth-order valence-electron chi connectivity index (χ4n) is 2.37. The quantitative estimate of drug-likeness (QED) is 0.929. The highest BCUT2D eigenvalue weighted by molar-refractivity contribution is 9.10. The summed E-state index contributed by atoms with van der Waals surface area (Å²) in [6.45, 7) is 2.10. The molecule has 1 aromatic carbocycles. The summed E-state index contributed by atoms with van der Waals surface area (Å²) in [4.78, 5) is 13.7. The van der Waals surface area contributed by atoms with Gasteiger partial charge in [-0.2, -0.15) is 5.10 Å². The zero-order chi connectivity index (χ0) is 14.8. The van der Waals surface area contributed by atoms with Crippen molar-refractivity contribution in [3.05, 3.63) is 65.0 Å². The van der Waals surface area contributed by atoms with Gasteiger partial charge >= 0.3 is 0 Å². The molecular weight excluding hydrogens is 332 g/mol. The molecule has 0 radical (unpaired) electrons. The summed E-state index contributed by atoms with van der Waals surface area (Å²) in [5, 5.41) is 7.16. The Hall–Kier alpha value is -2.08. The number of amides is 1. The number of aromatic nitrogens is 2. The van der Waals surface area contributed by atoms with Crippen LogP contribution in [-0.4, -0.2) is 20.6 Å². The van der Waals surface area contributed by atoms with Gasteiger partial charge in [0.1, 0.15) is 0 Å². The van der Waals surface area contributed by atoms with Crippen LogP contribution in [0.15, 0.2) is 59.5 Å². The normalized spacial score (nSPS) is 19.4. The zero-order valence-electron chi connectivity index (χ0n) is 11.5. The van der Waals surface area contributed by atoms with Gasteiger partial charge in [-0.15, -0.1) is 0 Å². The molecule has 0 saturated heterocycles. The number of nitrogens with one attached hydrogen (secondary N) is 1. The molecule has 0 fully saturated rings. The SMILES string of the molecule is C[C@@H](c1ccc(Br)cc1)N1C=CC(=O)NC1n1cccn1. The Morgan fingerprint density at radius 2 is 2.10 bits per heavy atom. The Bertz CT molecular complexity index is 651. The molecular formula is C15H15BrN4O. The zero-order valence-corrected chi connectivity index (χ0v) is 13.1. The molecule has 5 nitrogen and oxygen atoms in total. The highest BCUT2D eigenvalue weighted by Gasteiger charge is 2.27. The molecule has 1 N–H and O–H groups in total. The van der Waals surface area contributed by atoms with Crippen LogP contribution >= 0.6 is 15.9 Å². The number of hydrogen-bond acceptors (Lipinski definition) is 3. The van der Waals surface area contributed by atoms with Crippen molar-refractivity contribution in [1.29, 1.82) is 0 Å². The van der Waals surface area contributed by atoms with E-state index < -0.39 is 0 Å². The van der Waals surface area contributed by atoms with E-state index in [4.69, 9.17) is 0 Å². The Balaban J connectivity index is 1.92. The summed E-state index contributed by atoms with van der Waals surface area (Å²) in [7, 11) is 0. The van der Waals surface area contributed by atoms with Gasteiger partial charge in [-0.3, -0.25) is 4.79 Å². The Morgan fingerprint density at radius 1 is 1.33 bits per heavy atom. The summed E-state index contributed by atoms with van der Waals surface area (Å²) < 4.78 is 2.78. The molecule has 2 aromatic rings. The molecule has 1 aromatic heterocycles. The van der Waals surface area contributed by atoms with Gasteiger partial charge in [0.2, 0.25) is 12.2 Å². The maximum atomic E-state index is 11.6. The fraction of sp³-hybridized carbons (Fsp3) is 0.200. The van der Waals surface area contributed by atoms with E-state index in [2.05, 4.69) is 50.3 Å². The number of rotatable bonds is 3. The van der Waals surface area contributed by atoms with E-state index in [9.17, 15) is 4.79 Å².